The lowest BCUT2D eigenvalue weighted by Gasteiger charge is -2.22. The number of ether oxygens (including phenoxy) is 2. The fourth-order valence-electron chi connectivity index (χ4n) is 9.46. The highest BCUT2D eigenvalue weighted by Crippen LogP contribution is 2.21. The van der Waals surface area contributed by atoms with Crippen LogP contribution >= 0.6 is 0 Å². The average Bonchev–Trinajstić information content (AvgIpc) is 3.32. The minimum atomic E-state index is -0.120. The van der Waals surface area contributed by atoms with E-state index in [0.29, 0.717) is 13.2 Å². The molecule has 0 aromatic heterocycles. The zero-order valence-electron chi connectivity index (χ0n) is 45.7. The van der Waals surface area contributed by atoms with Crippen LogP contribution in [0.2, 0.25) is 0 Å². The van der Waals surface area contributed by atoms with E-state index >= 15 is 0 Å². The number of hydrogen-bond donors (Lipinski definition) is 1. The summed E-state index contributed by atoms with van der Waals surface area (Å²) in [6.07, 6.45) is 59.5. The molecule has 0 rings (SSSR count). The quantitative estimate of drug-likeness (QED) is 0.0372. The molecule has 67 heavy (non-hydrogen) atoms. The van der Waals surface area contributed by atoms with E-state index in [4.69, 9.17) is 9.47 Å². The van der Waals surface area contributed by atoms with Crippen LogP contribution in [-0.4, -0.2) is 61.4 Å². The molecule has 396 valence electrons. The van der Waals surface area contributed by atoms with E-state index in [1.807, 2.05) is 12.2 Å². The van der Waals surface area contributed by atoms with E-state index in [-0.39, 0.29) is 18.5 Å². The van der Waals surface area contributed by atoms with Crippen LogP contribution in [0, 0.1) is 0 Å². The van der Waals surface area contributed by atoms with E-state index in [0.717, 1.165) is 64.3 Å². The van der Waals surface area contributed by atoms with Crippen molar-refractivity contribution in [2.45, 2.75) is 317 Å². The van der Waals surface area contributed by atoms with Gasteiger partial charge in [-0.05, 0) is 96.6 Å². The zero-order valence-corrected chi connectivity index (χ0v) is 45.7. The lowest BCUT2D eigenvalue weighted by Crippen LogP contribution is -2.27. The summed E-state index contributed by atoms with van der Waals surface area (Å²) in [5.74, 6) is -0.239. The van der Waals surface area contributed by atoms with Crippen molar-refractivity contribution < 1.29 is 24.2 Å². The van der Waals surface area contributed by atoms with Gasteiger partial charge in [-0.25, -0.2) is 9.59 Å². The van der Waals surface area contributed by atoms with Gasteiger partial charge in [0.15, 0.2) is 0 Å². The van der Waals surface area contributed by atoms with Gasteiger partial charge in [0.1, 0.15) is 0 Å². The van der Waals surface area contributed by atoms with Crippen molar-refractivity contribution in [3.63, 3.8) is 0 Å². The summed E-state index contributed by atoms with van der Waals surface area (Å²) >= 11 is 0. The number of rotatable bonds is 55. The third kappa shape index (κ3) is 50.5. The van der Waals surface area contributed by atoms with Crippen LogP contribution in [0.3, 0.4) is 0 Å². The predicted octanol–water partition coefficient (Wildman–Crippen LogP) is 18.9. The fraction of sp³-hybridized carbons (Fsp3) is 0.902. The van der Waals surface area contributed by atoms with Gasteiger partial charge >= 0.3 is 11.9 Å². The van der Waals surface area contributed by atoms with Gasteiger partial charge in [0, 0.05) is 25.3 Å². The molecule has 0 saturated heterocycles. The first-order chi connectivity index (χ1) is 33.0. The van der Waals surface area contributed by atoms with Crippen molar-refractivity contribution in [2.75, 3.05) is 39.5 Å². The van der Waals surface area contributed by atoms with Crippen molar-refractivity contribution in [3.05, 3.63) is 23.3 Å². The lowest BCUT2D eigenvalue weighted by molar-refractivity contribution is -0.138. The second-order valence-electron chi connectivity index (χ2n) is 20.6. The minimum absolute atomic E-state index is 0.120. The van der Waals surface area contributed by atoms with Crippen molar-refractivity contribution in [1.29, 1.82) is 0 Å². The number of unbranched alkanes of at least 4 members (excludes halogenated alkanes) is 34. The monoisotopic (exact) mass is 944 g/mol. The molecule has 0 bridgehead atoms. The highest BCUT2D eigenvalue weighted by Gasteiger charge is 2.08. The van der Waals surface area contributed by atoms with Gasteiger partial charge in [0.05, 0.1) is 13.2 Å². The van der Waals surface area contributed by atoms with Crippen LogP contribution in [-0.2, 0) is 19.1 Å². The van der Waals surface area contributed by atoms with Crippen molar-refractivity contribution in [2.24, 2.45) is 0 Å². The first-order valence-electron chi connectivity index (χ1n) is 30.1. The van der Waals surface area contributed by atoms with Gasteiger partial charge in [-0.2, -0.15) is 0 Å². The normalized spacial score (nSPS) is 12.1. The third-order valence-corrected chi connectivity index (χ3v) is 13.9. The summed E-state index contributed by atoms with van der Waals surface area (Å²) in [5.41, 5.74) is 2.61. The van der Waals surface area contributed by atoms with E-state index in [9.17, 15) is 14.7 Å². The molecule has 6 heteroatoms. The predicted molar refractivity (Wildman–Crippen MR) is 292 cm³/mol. The molecule has 0 fully saturated rings. The number of hydrogen-bond acceptors (Lipinski definition) is 6. The number of esters is 2. The summed E-state index contributed by atoms with van der Waals surface area (Å²) in [5, 5.41) is 9.46. The molecule has 0 saturated carbocycles. The van der Waals surface area contributed by atoms with E-state index in [1.54, 1.807) is 0 Å². The topological polar surface area (TPSA) is 76.1 Å². The maximum Gasteiger partial charge on any atom is 0.330 e. The highest BCUT2D eigenvalue weighted by atomic mass is 16.5. The van der Waals surface area contributed by atoms with Crippen LogP contribution in [0.5, 0.6) is 0 Å². The van der Waals surface area contributed by atoms with Crippen LogP contribution < -0.4 is 0 Å². The molecule has 0 radical (unpaired) electrons. The smallest absolute Gasteiger partial charge is 0.330 e. The Balaban J connectivity index is 3.97. The van der Waals surface area contributed by atoms with Gasteiger partial charge in [0.25, 0.3) is 0 Å². The van der Waals surface area contributed by atoms with Gasteiger partial charge < -0.3 is 19.5 Å². The van der Waals surface area contributed by atoms with Crippen LogP contribution in [0.15, 0.2) is 23.3 Å². The fourth-order valence-corrected chi connectivity index (χ4v) is 9.46. The molecule has 6 nitrogen and oxygen atoms in total. The Kier molecular flexibility index (Phi) is 53.9. The first-order valence-corrected chi connectivity index (χ1v) is 30.1. The molecule has 0 aliphatic carbocycles. The van der Waals surface area contributed by atoms with Gasteiger partial charge in [0.2, 0.25) is 0 Å². The molecule has 1 N–H and O–H groups in total. The Morgan fingerprint density at radius 2 is 0.567 bits per heavy atom. The van der Waals surface area contributed by atoms with Crippen LogP contribution in [0.1, 0.15) is 317 Å². The molecule has 0 unspecified atom stereocenters. The second-order valence-corrected chi connectivity index (χ2v) is 20.6. The molecule has 0 aliphatic rings. The molecule has 0 atom stereocenters. The molecule has 0 spiro atoms. The summed E-state index contributed by atoms with van der Waals surface area (Å²) in [6, 6.07) is 0. The third-order valence-electron chi connectivity index (χ3n) is 13.9. The number of carbonyl (C=O) groups excluding carboxylic acids is 2. The van der Waals surface area contributed by atoms with Gasteiger partial charge in [-0.1, -0.05) is 244 Å². The van der Waals surface area contributed by atoms with Crippen LogP contribution in [0.4, 0.5) is 0 Å². The minimum Gasteiger partial charge on any atom is -0.463 e. The van der Waals surface area contributed by atoms with E-state index in [1.165, 1.54) is 255 Å². The summed E-state index contributed by atoms with van der Waals surface area (Å²) < 4.78 is 11.3. The standard InChI is InChI=1S/C61H117NO5/c1-5-9-13-15-17-25-31-39-48-58(46-37-11-7-3)56-60(64)66-54-43-35-29-23-19-21-27-33-41-50-62(52-45-53-63)51-42-34-28-22-20-24-30-36-44-55-67-61(65)57-59(47-38-12-8-4)49-40-32-26-18-16-14-10-6-2/h56-57,63H,5-55H2,1-4H3/b58-56+,59-57+. The van der Waals surface area contributed by atoms with Crippen molar-refractivity contribution in [3.8, 4) is 0 Å². The Labute approximate surface area is 418 Å². The SMILES string of the molecule is CCCCCCCCCC/C(=C/C(=O)OCCCCCCCCCCCN(CCCO)CCCCCCCCCCCOC(=O)/C=C(\CCCCC)CCCCCCCCCC)CCCCC. The molecule has 0 aliphatic heterocycles. The lowest BCUT2D eigenvalue weighted by atomic mass is 9.99. The Morgan fingerprint density at radius 3 is 0.881 bits per heavy atom. The van der Waals surface area contributed by atoms with E-state index < -0.39 is 0 Å². The molecule has 0 aromatic carbocycles. The van der Waals surface area contributed by atoms with Crippen molar-refractivity contribution in [1.82, 2.24) is 4.90 Å². The number of carbonyl (C=O) groups is 2. The molecular formula is C61H117NO5. The van der Waals surface area contributed by atoms with Crippen LogP contribution in [0.25, 0.3) is 0 Å². The molecule has 0 amide bonds. The molecule has 0 aromatic rings. The summed E-state index contributed by atoms with van der Waals surface area (Å²) in [4.78, 5) is 27.8. The second kappa shape index (κ2) is 55.3. The van der Waals surface area contributed by atoms with Crippen molar-refractivity contribution >= 4 is 11.9 Å². The largest absolute Gasteiger partial charge is 0.463 e. The summed E-state index contributed by atoms with van der Waals surface area (Å²) in [7, 11) is 0. The molecular weight excluding hydrogens is 827 g/mol. The molecule has 0 heterocycles. The number of nitrogens with zero attached hydrogens (tertiary/aromatic N) is 1. The summed E-state index contributed by atoms with van der Waals surface area (Å²) in [6.45, 7) is 13.8. The first kappa shape index (κ1) is 65.3. The zero-order chi connectivity index (χ0) is 48.8. The average molecular weight is 945 g/mol. The highest BCUT2D eigenvalue weighted by molar-refractivity contribution is 5.83. The number of aliphatic hydroxyl groups excluding tert-OH is 1. The van der Waals surface area contributed by atoms with Gasteiger partial charge in [-0.15, -0.1) is 0 Å². The Morgan fingerprint density at radius 1 is 0.328 bits per heavy atom. The Hall–Kier alpha value is -1.66. The maximum absolute atomic E-state index is 12.6. The number of allylic oxidation sites excluding steroid dienone is 2. The Bertz CT molecular complexity index is 1010. The number of aliphatic hydroxyl groups is 1. The van der Waals surface area contributed by atoms with E-state index in [2.05, 4.69) is 32.6 Å². The van der Waals surface area contributed by atoms with Gasteiger partial charge in [-0.3, -0.25) is 0 Å². The maximum atomic E-state index is 12.6.